The smallest absolute Gasteiger partial charge is 0.236 e. The maximum atomic E-state index is 14.4. The van der Waals surface area contributed by atoms with Crippen molar-refractivity contribution in [1.29, 1.82) is 0 Å². The number of Topliss-reactive ketones (excluding diaryl/α,β-unsaturated/α-hetero) is 1. The number of amides is 1. The molecular formula is C24H30FN3O4. The van der Waals surface area contributed by atoms with Crippen molar-refractivity contribution >= 4 is 17.4 Å². The first-order valence-corrected chi connectivity index (χ1v) is 10.5. The topological polar surface area (TPSA) is 62.3 Å². The van der Waals surface area contributed by atoms with Crippen LogP contribution in [0.25, 0.3) is 0 Å². The molecule has 0 bridgehead atoms. The summed E-state index contributed by atoms with van der Waals surface area (Å²) < 4.78 is 25.1. The van der Waals surface area contributed by atoms with E-state index in [1.165, 1.54) is 13.0 Å². The number of hydrogen-bond acceptors (Lipinski definition) is 6. The van der Waals surface area contributed by atoms with Crippen molar-refractivity contribution in [3.8, 4) is 11.5 Å². The first-order chi connectivity index (χ1) is 15.3. The van der Waals surface area contributed by atoms with E-state index in [-0.39, 0.29) is 18.2 Å². The molecule has 1 aliphatic heterocycles. The minimum absolute atomic E-state index is 0.0343. The van der Waals surface area contributed by atoms with Crippen LogP contribution in [-0.4, -0.2) is 75.5 Å². The number of likely N-dealkylation sites (N-methyl/N-ethyl adjacent to an activating group) is 1. The van der Waals surface area contributed by atoms with Gasteiger partial charge in [0.1, 0.15) is 17.3 Å². The van der Waals surface area contributed by atoms with Gasteiger partial charge in [-0.25, -0.2) is 4.39 Å². The Labute approximate surface area is 188 Å². The largest absolute Gasteiger partial charge is 0.497 e. The van der Waals surface area contributed by atoms with Crippen molar-refractivity contribution in [1.82, 2.24) is 9.80 Å². The van der Waals surface area contributed by atoms with Crippen LogP contribution in [0.15, 0.2) is 36.4 Å². The number of piperazine rings is 1. The van der Waals surface area contributed by atoms with Gasteiger partial charge in [-0.1, -0.05) is 6.07 Å². The van der Waals surface area contributed by atoms with Crippen LogP contribution in [0.4, 0.5) is 10.1 Å². The van der Waals surface area contributed by atoms with E-state index in [0.29, 0.717) is 44.0 Å². The molecule has 2 aromatic carbocycles. The van der Waals surface area contributed by atoms with Crippen molar-refractivity contribution in [3.05, 3.63) is 53.3 Å². The van der Waals surface area contributed by atoms with Gasteiger partial charge in [0.25, 0.3) is 0 Å². The lowest BCUT2D eigenvalue weighted by Gasteiger charge is -2.37. The van der Waals surface area contributed by atoms with E-state index in [4.69, 9.17) is 9.47 Å². The van der Waals surface area contributed by atoms with Crippen LogP contribution in [0.2, 0.25) is 0 Å². The number of nitrogens with zero attached hydrogens (tertiary/aromatic N) is 3. The van der Waals surface area contributed by atoms with Gasteiger partial charge < -0.3 is 19.3 Å². The lowest BCUT2D eigenvalue weighted by atomic mass is 10.1. The molecule has 7 nitrogen and oxygen atoms in total. The van der Waals surface area contributed by atoms with Gasteiger partial charge in [0, 0.05) is 49.9 Å². The molecule has 0 unspecified atom stereocenters. The van der Waals surface area contributed by atoms with Crippen LogP contribution < -0.4 is 14.4 Å². The van der Waals surface area contributed by atoms with Gasteiger partial charge in [-0.3, -0.25) is 14.5 Å². The lowest BCUT2D eigenvalue weighted by molar-refractivity contribution is -0.132. The van der Waals surface area contributed by atoms with Crippen molar-refractivity contribution in [2.75, 3.05) is 58.9 Å². The van der Waals surface area contributed by atoms with E-state index in [1.807, 2.05) is 35.0 Å². The van der Waals surface area contributed by atoms with Crippen molar-refractivity contribution < 1.29 is 23.5 Å². The molecule has 1 saturated heterocycles. The van der Waals surface area contributed by atoms with Gasteiger partial charge in [0.2, 0.25) is 5.91 Å². The maximum absolute atomic E-state index is 14.4. The van der Waals surface area contributed by atoms with Gasteiger partial charge in [-0.05, 0) is 38.2 Å². The number of benzene rings is 2. The second-order valence-electron chi connectivity index (χ2n) is 7.94. The fourth-order valence-electron chi connectivity index (χ4n) is 3.84. The summed E-state index contributed by atoms with van der Waals surface area (Å²) in [5.74, 6) is 0.893. The summed E-state index contributed by atoms with van der Waals surface area (Å²) in [6.07, 6.45) is 0. The minimum Gasteiger partial charge on any atom is -0.497 e. The molecule has 172 valence electrons. The van der Waals surface area contributed by atoms with Gasteiger partial charge in [-0.2, -0.15) is 0 Å². The molecule has 2 aromatic rings. The maximum Gasteiger partial charge on any atom is 0.236 e. The quantitative estimate of drug-likeness (QED) is 0.585. The van der Waals surface area contributed by atoms with Crippen LogP contribution in [0.5, 0.6) is 11.5 Å². The van der Waals surface area contributed by atoms with Gasteiger partial charge in [0.15, 0.2) is 5.78 Å². The van der Waals surface area contributed by atoms with E-state index < -0.39 is 5.82 Å². The molecule has 0 spiro atoms. The summed E-state index contributed by atoms with van der Waals surface area (Å²) in [7, 11) is 5.11. The Kier molecular flexibility index (Phi) is 7.69. The summed E-state index contributed by atoms with van der Waals surface area (Å²) >= 11 is 0. The van der Waals surface area contributed by atoms with E-state index in [1.54, 1.807) is 31.3 Å². The highest BCUT2D eigenvalue weighted by Gasteiger charge is 2.24. The molecule has 1 fully saturated rings. The highest BCUT2D eigenvalue weighted by atomic mass is 19.1. The van der Waals surface area contributed by atoms with Crippen LogP contribution in [0.1, 0.15) is 22.8 Å². The van der Waals surface area contributed by atoms with E-state index in [0.717, 1.165) is 17.1 Å². The molecule has 32 heavy (non-hydrogen) atoms. The first kappa shape index (κ1) is 23.5. The molecule has 1 aliphatic rings. The minimum atomic E-state index is -0.411. The Morgan fingerprint density at radius 2 is 1.75 bits per heavy atom. The lowest BCUT2D eigenvalue weighted by Crippen LogP contribution is -2.51. The average molecular weight is 444 g/mol. The van der Waals surface area contributed by atoms with Crippen molar-refractivity contribution in [3.63, 3.8) is 0 Å². The summed E-state index contributed by atoms with van der Waals surface area (Å²) in [6.45, 7) is 4.37. The van der Waals surface area contributed by atoms with Gasteiger partial charge in [-0.15, -0.1) is 0 Å². The molecule has 1 amide bonds. The molecular weight excluding hydrogens is 413 g/mol. The monoisotopic (exact) mass is 443 g/mol. The zero-order chi connectivity index (χ0) is 23.3. The van der Waals surface area contributed by atoms with Crippen molar-refractivity contribution in [2.24, 2.45) is 0 Å². The summed E-state index contributed by atoms with van der Waals surface area (Å²) in [4.78, 5) is 29.9. The normalized spacial score (nSPS) is 13.9. The molecule has 0 atom stereocenters. The molecule has 1 heterocycles. The predicted octanol–water partition coefficient (Wildman–Crippen LogP) is 2.83. The molecule has 0 aromatic heterocycles. The van der Waals surface area contributed by atoms with Crippen LogP contribution >= 0.6 is 0 Å². The second kappa shape index (κ2) is 10.5. The Morgan fingerprint density at radius 1 is 1.03 bits per heavy atom. The summed E-state index contributed by atoms with van der Waals surface area (Å²) in [5, 5.41) is 0. The number of anilines is 1. The number of hydrogen-bond donors (Lipinski definition) is 0. The first-order valence-electron chi connectivity index (χ1n) is 10.5. The second-order valence-corrected chi connectivity index (χ2v) is 7.94. The number of carbonyl (C=O) groups is 2. The molecule has 0 aliphatic carbocycles. The van der Waals surface area contributed by atoms with Crippen LogP contribution in [-0.2, 0) is 11.3 Å². The molecule has 0 N–H and O–H groups in total. The number of halogens is 1. The van der Waals surface area contributed by atoms with Crippen LogP contribution in [0, 0.1) is 5.82 Å². The Balaban J connectivity index is 1.54. The van der Waals surface area contributed by atoms with Gasteiger partial charge in [0.05, 0.1) is 26.5 Å². The SMILES string of the molecule is COc1ccc(CN(C)CC(=O)N2CCN(c3ccc(C(C)=O)cc3F)CC2)c(OC)c1. The summed E-state index contributed by atoms with van der Waals surface area (Å²) in [6, 6.07) is 10.2. The number of methoxy groups -OCH3 is 2. The van der Waals surface area contributed by atoms with Crippen LogP contribution in [0.3, 0.4) is 0 Å². The third-order valence-electron chi connectivity index (χ3n) is 5.67. The highest BCUT2D eigenvalue weighted by molar-refractivity contribution is 5.94. The standard InChI is InChI=1S/C24H30FN3O4/c1-17(29)18-6-8-22(21(25)13-18)27-9-11-28(12-10-27)24(30)16-26(2)15-19-5-7-20(31-3)14-23(19)32-4/h5-8,13-14H,9-12,15-16H2,1-4H3. The number of ketones is 1. The number of carbonyl (C=O) groups excluding carboxylic acids is 2. The zero-order valence-corrected chi connectivity index (χ0v) is 19.1. The third-order valence-corrected chi connectivity index (χ3v) is 5.67. The predicted molar refractivity (Wildman–Crippen MR) is 121 cm³/mol. The summed E-state index contributed by atoms with van der Waals surface area (Å²) in [5.41, 5.74) is 1.79. The molecule has 0 radical (unpaired) electrons. The van der Waals surface area contributed by atoms with E-state index >= 15 is 0 Å². The Morgan fingerprint density at radius 3 is 2.34 bits per heavy atom. The Hall–Kier alpha value is -3.13. The number of ether oxygens (including phenoxy) is 2. The van der Waals surface area contributed by atoms with Crippen molar-refractivity contribution in [2.45, 2.75) is 13.5 Å². The van der Waals surface area contributed by atoms with Gasteiger partial charge >= 0.3 is 0 Å². The third kappa shape index (κ3) is 5.56. The molecule has 3 rings (SSSR count). The molecule has 8 heteroatoms. The fraction of sp³-hybridized carbons (Fsp3) is 0.417. The zero-order valence-electron chi connectivity index (χ0n) is 19.1. The highest BCUT2D eigenvalue weighted by Crippen LogP contribution is 2.26. The van der Waals surface area contributed by atoms with E-state index in [9.17, 15) is 14.0 Å². The average Bonchev–Trinajstić information content (AvgIpc) is 2.79. The fourth-order valence-corrected chi connectivity index (χ4v) is 3.84. The molecule has 0 saturated carbocycles. The van der Waals surface area contributed by atoms with E-state index in [2.05, 4.69) is 0 Å². The number of rotatable bonds is 8. The Bertz CT molecular complexity index is 974.